The Kier molecular flexibility index (Phi) is 4.52. The predicted molar refractivity (Wildman–Crippen MR) is 60.8 cm³/mol. The molecule has 0 aliphatic heterocycles. The number of rotatable bonds is 3. The maximum atomic E-state index is 11.4. The molecular formula is C11H21NO3. The molecule has 0 saturated carbocycles. The fourth-order valence-electron chi connectivity index (χ4n) is 0.919. The van der Waals surface area contributed by atoms with Crippen molar-refractivity contribution in [1.82, 2.24) is 5.32 Å². The summed E-state index contributed by atoms with van der Waals surface area (Å²) in [7, 11) is 0. The van der Waals surface area contributed by atoms with E-state index in [4.69, 9.17) is 4.74 Å². The molecule has 0 rings (SSSR count). The predicted octanol–water partition coefficient (Wildman–Crippen LogP) is 2.29. The summed E-state index contributed by atoms with van der Waals surface area (Å²) in [4.78, 5) is 22.7. The third-order valence-corrected chi connectivity index (χ3v) is 1.55. The number of carbonyl (C=O) groups is 2. The first kappa shape index (κ1) is 13.7. The number of alkyl carbamates (subject to hydrolysis) is 1. The lowest BCUT2D eigenvalue weighted by molar-refractivity contribution is -0.117. The van der Waals surface area contributed by atoms with Crippen molar-refractivity contribution in [3.63, 3.8) is 0 Å². The van der Waals surface area contributed by atoms with Gasteiger partial charge in [0.15, 0.2) is 5.78 Å². The average molecular weight is 215 g/mol. The molecular weight excluding hydrogens is 194 g/mol. The van der Waals surface area contributed by atoms with Crippen molar-refractivity contribution in [2.45, 2.75) is 46.3 Å². The smallest absolute Gasteiger partial charge is 0.408 e. The second-order valence-electron chi connectivity index (χ2n) is 4.51. The average Bonchev–Trinajstić information content (AvgIpc) is 1.98. The Bertz CT molecular complexity index is 281. The molecule has 0 unspecified atom stereocenters. The summed E-state index contributed by atoms with van der Waals surface area (Å²) >= 11 is 0. The van der Waals surface area contributed by atoms with E-state index in [9.17, 15) is 9.59 Å². The Labute approximate surface area is 92.2 Å². The van der Waals surface area contributed by atoms with Gasteiger partial charge in [-0.25, -0.2) is 4.79 Å². The van der Waals surface area contributed by atoms with Gasteiger partial charge in [-0.2, -0.15) is 0 Å². The standard InChI is InChI=1S/C11H19NO3.H2/c1-7(2)9(13)8(3)12-10(14)15-11(4,5)6;/h8H,1H2,2-6H3,(H,12,14);1H/t8-;/m1./s1. The molecule has 0 saturated heterocycles. The first-order chi connectivity index (χ1) is 6.63. The monoisotopic (exact) mass is 215 g/mol. The van der Waals surface area contributed by atoms with Crippen LogP contribution in [0.4, 0.5) is 4.79 Å². The quantitative estimate of drug-likeness (QED) is 0.735. The number of ketones is 1. The number of carbonyl (C=O) groups excluding carboxylic acids is 2. The van der Waals surface area contributed by atoms with E-state index in [1.165, 1.54) is 0 Å². The van der Waals surface area contributed by atoms with Gasteiger partial charge in [0.1, 0.15) is 5.60 Å². The highest BCUT2D eigenvalue weighted by atomic mass is 16.6. The number of hydrogen-bond acceptors (Lipinski definition) is 3. The van der Waals surface area contributed by atoms with Gasteiger partial charge >= 0.3 is 6.09 Å². The minimum atomic E-state index is -0.600. The molecule has 88 valence electrons. The first-order valence-electron chi connectivity index (χ1n) is 4.82. The molecule has 0 aromatic carbocycles. The summed E-state index contributed by atoms with van der Waals surface area (Å²) in [5.74, 6) is -0.194. The summed E-state index contributed by atoms with van der Waals surface area (Å²) in [5, 5.41) is 2.45. The third kappa shape index (κ3) is 5.88. The van der Waals surface area contributed by atoms with Gasteiger partial charge in [0, 0.05) is 1.43 Å². The van der Waals surface area contributed by atoms with E-state index < -0.39 is 17.7 Å². The minimum absolute atomic E-state index is 0. The fraction of sp³-hybridized carbons (Fsp3) is 0.636. The number of amides is 1. The van der Waals surface area contributed by atoms with Crippen LogP contribution in [0.3, 0.4) is 0 Å². The topological polar surface area (TPSA) is 55.4 Å². The molecule has 0 radical (unpaired) electrons. The molecule has 0 spiro atoms. The van der Waals surface area contributed by atoms with Crippen molar-refractivity contribution in [2.24, 2.45) is 0 Å². The highest BCUT2D eigenvalue weighted by Gasteiger charge is 2.20. The fourth-order valence-corrected chi connectivity index (χ4v) is 0.919. The Hall–Kier alpha value is -1.32. The molecule has 1 atom stereocenters. The van der Waals surface area contributed by atoms with E-state index in [2.05, 4.69) is 11.9 Å². The Balaban J connectivity index is 0. The van der Waals surface area contributed by atoms with Crippen LogP contribution in [-0.2, 0) is 9.53 Å². The van der Waals surface area contributed by atoms with Gasteiger partial charge in [0.25, 0.3) is 0 Å². The van der Waals surface area contributed by atoms with Crippen molar-refractivity contribution in [1.29, 1.82) is 0 Å². The molecule has 0 aromatic rings. The number of Topliss-reactive ketones (excluding diaryl/α,β-unsaturated/α-hetero) is 1. The zero-order valence-corrected chi connectivity index (χ0v) is 10.0. The van der Waals surface area contributed by atoms with E-state index in [-0.39, 0.29) is 7.21 Å². The molecule has 4 nitrogen and oxygen atoms in total. The lowest BCUT2D eigenvalue weighted by Crippen LogP contribution is -2.41. The van der Waals surface area contributed by atoms with Crippen molar-refractivity contribution in [2.75, 3.05) is 0 Å². The highest BCUT2D eigenvalue weighted by Crippen LogP contribution is 2.07. The Morgan fingerprint density at radius 1 is 1.40 bits per heavy atom. The second-order valence-corrected chi connectivity index (χ2v) is 4.51. The number of hydrogen-bond donors (Lipinski definition) is 1. The molecule has 15 heavy (non-hydrogen) atoms. The second kappa shape index (κ2) is 4.96. The summed E-state index contributed by atoms with van der Waals surface area (Å²) in [6, 6.07) is -0.600. The normalized spacial score (nSPS) is 12.9. The van der Waals surface area contributed by atoms with Crippen molar-refractivity contribution < 1.29 is 15.8 Å². The van der Waals surface area contributed by atoms with Gasteiger partial charge in [-0.3, -0.25) is 4.79 Å². The summed E-state index contributed by atoms with van der Waals surface area (Å²) in [5.41, 5.74) is -0.144. The zero-order valence-electron chi connectivity index (χ0n) is 10.0. The molecule has 0 aliphatic carbocycles. The van der Waals surface area contributed by atoms with Crippen LogP contribution in [0.5, 0.6) is 0 Å². The molecule has 4 heteroatoms. The van der Waals surface area contributed by atoms with Gasteiger partial charge < -0.3 is 10.1 Å². The Morgan fingerprint density at radius 2 is 1.87 bits per heavy atom. The van der Waals surface area contributed by atoms with Gasteiger partial charge in [-0.15, -0.1) is 0 Å². The number of nitrogens with one attached hydrogen (secondary N) is 1. The molecule has 1 amide bonds. The van der Waals surface area contributed by atoms with Gasteiger partial charge in [0.05, 0.1) is 6.04 Å². The summed E-state index contributed by atoms with van der Waals surface area (Å²) in [6.45, 7) is 12.0. The van der Waals surface area contributed by atoms with E-state index in [1.807, 2.05) is 0 Å². The van der Waals surface area contributed by atoms with Crippen LogP contribution in [-0.4, -0.2) is 23.5 Å². The largest absolute Gasteiger partial charge is 0.444 e. The van der Waals surface area contributed by atoms with E-state index in [0.29, 0.717) is 5.57 Å². The molecule has 0 fully saturated rings. The molecule has 0 aliphatic rings. The van der Waals surface area contributed by atoms with Gasteiger partial charge in [-0.05, 0) is 40.2 Å². The van der Waals surface area contributed by atoms with E-state index in [1.54, 1.807) is 34.6 Å². The molecule has 1 N–H and O–H groups in total. The van der Waals surface area contributed by atoms with Crippen LogP contribution in [0.25, 0.3) is 0 Å². The lowest BCUT2D eigenvalue weighted by Gasteiger charge is -2.21. The van der Waals surface area contributed by atoms with Crippen LogP contribution in [0.15, 0.2) is 12.2 Å². The van der Waals surface area contributed by atoms with Crippen molar-refractivity contribution >= 4 is 11.9 Å². The third-order valence-electron chi connectivity index (χ3n) is 1.55. The van der Waals surface area contributed by atoms with Crippen LogP contribution in [0.2, 0.25) is 0 Å². The van der Waals surface area contributed by atoms with Crippen molar-refractivity contribution in [3.8, 4) is 0 Å². The maximum Gasteiger partial charge on any atom is 0.408 e. The Morgan fingerprint density at radius 3 is 2.20 bits per heavy atom. The molecule has 0 aromatic heterocycles. The van der Waals surface area contributed by atoms with Crippen LogP contribution in [0, 0.1) is 0 Å². The lowest BCUT2D eigenvalue weighted by atomic mass is 10.1. The zero-order chi connectivity index (χ0) is 12.2. The van der Waals surface area contributed by atoms with Crippen molar-refractivity contribution in [3.05, 3.63) is 12.2 Å². The van der Waals surface area contributed by atoms with Crippen LogP contribution >= 0.6 is 0 Å². The molecule has 0 heterocycles. The SMILES string of the molecule is C=C(C)C(=O)[C@@H](C)NC(=O)OC(C)(C)C.[HH]. The van der Waals surface area contributed by atoms with E-state index >= 15 is 0 Å². The highest BCUT2D eigenvalue weighted by molar-refractivity contribution is 5.99. The van der Waals surface area contributed by atoms with Gasteiger partial charge in [-0.1, -0.05) is 6.58 Å². The maximum absolute atomic E-state index is 11.4. The summed E-state index contributed by atoms with van der Waals surface area (Å²) in [6.07, 6.45) is -0.593. The minimum Gasteiger partial charge on any atom is -0.444 e. The first-order valence-corrected chi connectivity index (χ1v) is 4.82. The van der Waals surface area contributed by atoms with Gasteiger partial charge in [0.2, 0.25) is 0 Å². The van der Waals surface area contributed by atoms with Crippen LogP contribution < -0.4 is 5.32 Å². The van der Waals surface area contributed by atoms with E-state index in [0.717, 1.165) is 0 Å². The molecule has 0 bridgehead atoms. The number of ether oxygens (including phenoxy) is 1. The van der Waals surface area contributed by atoms with Crippen LogP contribution in [0.1, 0.15) is 36.0 Å². The summed E-state index contributed by atoms with van der Waals surface area (Å²) < 4.78 is 5.01.